The van der Waals surface area contributed by atoms with Crippen molar-refractivity contribution >= 4 is 17.6 Å². The van der Waals surface area contributed by atoms with Crippen molar-refractivity contribution in [3.63, 3.8) is 0 Å². The van der Waals surface area contributed by atoms with Crippen LogP contribution in [0.15, 0.2) is 16.0 Å². The van der Waals surface area contributed by atoms with Crippen molar-refractivity contribution in [3.05, 3.63) is 16.4 Å². The van der Waals surface area contributed by atoms with Gasteiger partial charge in [0.25, 0.3) is 5.56 Å². The number of hydrogen-bond donors (Lipinski definition) is 2. The second kappa shape index (κ2) is 5.75. The maximum Gasteiger partial charge on any atom is 0.253 e. The summed E-state index contributed by atoms with van der Waals surface area (Å²) in [4.78, 5) is 18.3. The van der Waals surface area contributed by atoms with Gasteiger partial charge in [0.2, 0.25) is 0 Å². The molecular formula is C13H19N3O3S. The number of nitrogens with one attached hydrogen (secondary N) is 1. The number of ether oxygens (including phenoxy) is 2. The van der Waals surface area contributed by atoms with Gasteiger partial charge in [-0.05, 0) is 25.7 Å². The van der Waals surface area contributed by atoms with Crippen LogP contribution in [-0.2, 0) is 9.47 Å². The molecule has 1 spiro atoms. The van der Waals surface area contributed by atoms with Crippen LogP contribution in [0.1, 0.15) is 25.7 Å². The summed E-state index contributed by atoms with van der Waals surface area (Å²) in [7, 11) is 0. The van der Waals surface area contributed by atoms with E-state index in [-0.39, 0.29) is 17.0 Å². The van der Waals surface area contributed by atoms with E-state index in [0.717, 1.165) is 45.5 Å². The molecule has 0 aromatic carbocycles. The van der Waals surface area contributed by atoms with Crippen molar-refractivity contribution in [3.8, 4) is 0 Å². The highest BCUT2D eigenvalue weighted by atomic mass is 32.2. The van der Waals surface area contributed by atoms with Gasteiger partial charge in [-0.3, -0.25) is 4.79 Å². The number of nitrogens with two attached hydrogens (primary N) is 1. The lowest BCUT2D eigenvalue weighted by atomic mass is 9.86. The number of nitrogens with zero attached hydrogens (tertiary/aromatic N) is 1. The van der Waals surface area contributed by atoms with Gasteiger partial charge in [-0.15, -0.1) is 0 Å². The van der Waals surface area contributed by atoms with Gasteiger partial charge in [-0.25, -0.2) is 4.98 Å². The monoisotopic (exact) mass is 297 g/mol. The Morgan fingerprint density at radius 3 is 2.95 bits per heavy atom. The van der Waals surface area contributed by atoms with Crippen molar-refractivity contribution in [1.29, 1.82) is 0 Å². The molecule has 3 N–H and O–H groups in total. The summed E-state index contributed by atoms with van der Waals surface area (Å²) in [6, 6.07) is 1.30. The van der Waals surface area contributed by atoms with E-state index in [2.05, 4.69) is 9.97 Å². The van der Waals surface area contributed by atoms with Crippen LogP contribution < -0.4 is 11.3 Å². The van der Waals surface area contributed by atoms with Gasteiger partial charge >= 0.3 is 0 Å². The topological polar surface area (TPSA) is 90.2 Å². The van der Waals surface area contributed by atoms with E-state index in [1.54, 1.807) is 11.8 Å². The Morgan fingerprint density at radius 2 is 2.20 bits per heavy atom. The lowest BCUT2D eigenvalue weighted by molar-refractivity contribution is -0.131. The highest BCUT2D eigenvalue weighted by Crippen LogP contribution is 2.39. The second-order valence-corrected chi connectivity index (χ2v) is 6.64. The third-order valence-corrected chi connectivity index (χ3v) is 5.02. The number of anilines is 1. The third-order valence-electron chi connectivity index (χ3n) is 3.87. The van der Waals surface area contributed by atoms with Crippen LogP contribution in [0, 0.1) is 0 Å². The molecule has 0 aliphatic carbocycles. The van der Waals surface area contributed by atoms with Crippen molar-refractivity contribution in [2.24, 2.45) is 0 Å². The number of hydrogen-bond acceptors (Lipinski definition) is 6. The molecule has 7 heteroatoms. The Balaban J connectivity index is 1.69. The Labute approximate surface area is 121 Å². The minimum absolute atomic E-state index is 0.0468. The van der Waals surface area contributed by atoms with E-state index in [4.69, 9.17) is 15.2 Å². The standard InChI is InChI=1S/C13H19N3O3S/c14-10-7-11(17)16-12(15-10)20-9-1-4-19-13(8-9)2-5-18-6-3-13/h7,9H,1-6,8H2,(H3,14,15,16,17). The zero-order chi connectivity index (χ0) is 14.0. The number of H-pyrrole nitrogens is 1. The Kier molecular flexibility index (Phi) is 4.00. The molecule has 2 fully saturated rings. The summed E-state index contributed by atoms with van der Waals surface area (Å²) in [6.45, 7) is 2.29. The molecule has 110 valence electrons. The molecule has 1 unspecified atom stereocenters. The van der Waals surface area contributed by atoms with Crippen LogP contribution in [0.2, 0.25) is 0 Å². The van der Waals surface area contributed by atoms with Crippen LogP contribution in [0.3, 0.4) is 0 Å². The molecule has 0 saturated carbocycles. The maximum atomic E-state index is 11.4. The lowest BCUT2D eigenvalue weighted by Gasteiger charge is -2.42. The molecule has 0 radical (unpaired) electrons. The number of nitrogen functional groups attached to an aromatic ring is 1. The van der Waals surface area contributed by atoms with Crippen molar-refractivity contribution in [1.82, 2.24) is 9.97 Å². The summed E-state index contributed by atoms with van der Waals surface area (Å²) >= 11 is 1.59. The number of rotatable bonds is 2. The maximum absolute atomic E-state index is 11.4. The molecular weight excluding hydrogens is 278 g/mol. The molecule has 2 saturated heterocycles. The Bertz CT molecular complexity index is 522. The van der Waals surface area contributed by atoms with Gasteiger partial charge in [0.15, 0.2) is 5.16 Å². The van der Waals surface area contributed by atoms with Crippen LogP contribution in [0.25, 0.3) is 0 Å². The van der Waals surface area contributed by atoms with Crippen molar-refractivity contribution in [2.75, 3.05) is 25.6 Å². The number of aromatic amines is 1. The van der Waals surface area contributed by atoms with E-state index >= 15 is 0 Å². The molecule has 20 heavy (non-hydrogen) atoms. The van der Waals surface area contributed by atoms with E-state index in [1.807, 2.05) is 0 Å². The largest absolute Gasteiger partial charge is 0.383 e. The van der Waals surface area contributed by atoms with Gasteiger partial charge in [-0.1, -0.05) is 11.8 Å². The molecule has 6 nitrogen and oxygen atoms in total. The third kappa shape index (κ3) is 3.16. The minimum atomic E-state index is -0.201. The minimum Gasteiger partial charge on any atom is -0.383 e. The lowest BCUT2D eigenvalue weighted by Crippen LogP contribution is -2.45. The van der Waals surface area contributed by atoms with Gasteiger partial charge in [0.1, 0.15) is 5.82 Å². The first-order valence-corrected chi connectivity index (χ1v) is 7.78. The average molecular weight is 297 g/mol. The van der Waals surface area contributed by atoms with Gasteiger partial charge in [0.05, 0.1) is 5.60 Å². The van der Waals surface area contributed by atoms with Crippen molar-refractivity contribution < 1.29 is 9.47 Å². The van der Waals surface area contributed by atoms with Crippen molar-refractivity contribution in [2.45, 2.75) is 41.7 Å². The first-order valence-electron chi connectivity index (χ1n) is 6.90. The molecule has 2 aliphatic heterocycles. The summed E-state index contributed by atoms with van der Waals surface area (Å²) in [5.41, 5.74) is 5.37. The Morgan fingerprint density at radius 1 is 1.40 bits per heavy atom. The van der Waals surface area contributed by atoms with Crippen LogP contribution in [0.4, 0.5) is 5.82 Å². The zero-order valence-electron chi connectivity index (χ0n) is 11.3. The highest BCUT2D eigenvalue weighted by Gasteiger charge is 2.39. The molecule has 3 heterocycles. The predicted octanol–water partition coefficient (Wildman–Crippen LogP) is 1.17. The Hall–Kier alpha value is -1.05. The molecule has 2 aliphatic rings. The van der Waals surface area contributed by atoms with Gasteiger partial charge < -0.3 is 20.2 Å². The van der Waals surface area contributed by atoms with Crippen LogP contribution in [-0.4, -0.2) is 40.6 Å². The van der Waals surface area contributed by atoms with E-state index in [0.29, 0.717) is 10.4 Å². The molecule has 1 atom stereocenters. The van der Waals surface area contributed by atoms with Crippen LogP contribution in [0.5, 0.6) is 0 Å². The van der Waals surface area contributed by atoms with Crippen LogP contribution >= 0.6 is 11.8 Å². The zero-order valence-corrected chi connectivity index (χ0v) is 12.1. The normalized spacial score (nSPS) is 25.7. The molecule has 3 rings (SSSR count). The smallest absolute Gasteiger partial charge is 0.253 e. The van der Waals surface area contributed by atoms with E-state index < -0.39 is 0 Å². The fourth-order valence-corrected chi connectivity index (χ4v) is 4.08. The van der Waals surface area contributed by atoms with E-state index in [1.165, 1.54) is 6.07 Å². The van der Waals surface area contributed by atoms with Gasteiger partial charge in [-0.2, -0.15) is 0 Å². The molecule has 1 aromatic heterocycles. The summed E-state index contributed by atoms with van der Waals surface area (Å²) in [6.07, 6.45) is 3.83. The van der Waals surface area contributed by atoms with Gasteiger partial charge in [0, 0.05) is 31.1 Å². The first-order chi connectivity index (χ1) is 9.65. The van der Waals surface area contributed by atoms with E-state index in [9.17, 15) is 4.79 Å². The fourth-order valence-electron chi connectivity index (χ4n) is 2.84. The highest BCUT2D eigenvalue weighted by molar-refractivity contribution is 7.99. The molecule has 0 amide bonds. The average Bonchev–Trinajstić information content (AvgIpc) is 2.38. The number of aromatic nitrogens is 2. The predicted molar refractivity (Wildman–Crippen MR) is 76.9 cm³/mol. The summed E-state index contributed by atoms with van der Waals surface area (Å²) in [5.74, 6) is 0.268. The second-order valence-electron chi connectivity index (χ2n) is 5.35. The SMILES string of the molecule is Nc1cc(=O)[nH]c(SC2CCOC3(CCOCC3)C2)n1. The molecule has 0 bridgehead atoms. The number of thioether (sulfide) groups is 1. The first kappa shape index (κ1) is 13.9. The fraction of sp³-hybridized carbons (Fsp3) is 0.692. The summed E-state index contributed by atoms with van der Waals surface area (Å²) < 4.78 is 11.4. The molecule has 1 aromatic rings. The summed E-state index contributed by atoms with van der Waals surface area (Å²) in [5, 5.41) is 0.996. The quantitative estimate of drug-likeness (QED) is 0.796.